The van der Waals surface area contributed by atoms with Crippen LogP contribution in [0.5, 0.6) is 0 Å². The fourth-order valence-electron chi connectivity index (χ4n) is 0.837. The molecule has 0 aliphatic carbocycles. The highest BCUT2D eigenvalue weighted by molar-refractivity contribution is 6.44. The zero-order valence-corrected chi connectivity index (χ0v) is 7.89. The molecule has 2 nitrogen and oxygen atoms in total. The lowest BCUT2D eigenvalue weighted by Crippen LogP contribution is -1.95. The summed E-state index contributed by atoms with van der Waals surface area (Å²) in [5.74, 6) is 0. The van der Waals surface area contributed by atoms with Crippen molar-refractivity contribution in [2.75, 3.05) is 0 Å². The summed E-state index contributed by atoms with van der Waals surface area (Å²) in [6.45, 7) is 1.65. The Labute approximate surface area is 80.4 Å². The first-order valence-electron chi connectivity index (χ1n) is 3.30. The second-order valence-electron chi connectivity index (χ2n) is 2.29. The largest absolute Gasteiger partial charge is 0.411 e. The average Bonchev–Trinajstić information content (AvgIpc) is 2.08. The van der Waals surface area contributed by atoms with Gasteiger partial charge < -0.3 is 5.21 Å². The molecule has 0 aliphatic heterocycles. The van der Waals surface area contributed by atoms with Crippen LogP contribution in [0.25, 0.3) is 0 Å². The molecule has 1 aromatic carbocycles. The van der Waals surface area contributed by atoms with Gasteiger partial charge in [-0.3, -0.25) is 0 Å². The molecule has 0 fully saturated rings. The molecule has 0 heterocycles. The predicted molar refractivity (Wildman–Crippen MR) is 50.5 cm³/mol. The van der Waals surface area contributed by atoms with E-state index in [9.17, 15) is 0 Å². The van der Waals surface area contributed by atoms with E-state index < -0.39 is 0 Å². The van der Waals surface area contributed by atoms with Crippen molar-refractivity contribution in [2.24, 2.45) is 5.16 Å². The molecule has 64 valence electrons. The molecule has 1 rings (SSSR count). The summed E-state index contributed by atoms with van der Waals surface area (Å²) in [5.41, 5.74) is 1.09. The Hall–Kier alpha value is -0.730. The highest BCUT2D eigenvalue weighted by Gasteiger charge is 2.06. The van der Waals surface area contributed by atoms with E-state index in [1.54, 1.807) is 25.1 Å². The van der Waals surface area contributed by atoms with E-state index in [-0.39, 0.29) is 0 Å². The first-order valence-corrected chi connectivity index (χ1v) is 4.05. The average molecular weight is 204 g/mol. The number of nitrogens with zero attached hydrogens (tertiary/aromatic N) is 1. The van der Waals surface area contributed by atoms with Gasteiger partial charge in [-0.05, 0) is 13.0 Å². The van der Waals surface area contributed by atoms with E-state index >= 15 is 0 Å². The fourth-order valence-corrected chi connectivity index (χ4v) is 1.27. The SMILES string of the molecule is CC(=NO)c1cccc(Cl)c1Cl. The molecule has 0 saturated carbocycles. The van der Waals surface area contributed by atoms with E-state index in [4.69, 9.17) is 28.4 Å². The zero-order valence-electron chi connectivity index (χ0n) is 6.38. The number of hydrogen-bond acceptors (Lipinski definition) is 2. The van der Waals surface area contributed by atoms with Crippen molar-refractivity contribution in [3.8, 4) is 0 Å². The lowest BCUT2D eigenvalue weighted by atomic mass is 10.1. The summed E-state index contributed by atoms with van der Waals surface area (Å²) in [7, 11) is 0. The second kappa shape index (κ2) is 3.78. The second-order valence-corrected chi connectivity index (χ2v) is 3.07. The molecule has 0 atom stereocenters. The highest BCUT2D eigenvalue weighted by Crippen LogP contribution is 2.25. The lowest BCUT2D eigenvalue weighted by Gasteiger charge is -2.02. The van der Waals surface area contributed by atoms with Crippen LogP contribution in [0, 0.1) is 0 Å². The topological polar surface area (TPSA) is 32.6 Å². The van der Waals surface area contributed by atoms with Crippen molar-refractivity contribution in [3.05, 3.63) is 33.8 Å². The maximum atomic E-state index is 8.49. The molecule has 12 heavy (non-hydrogen) atoms. The van der Waals surface area contributed by atoms with Crippen LogP contribution in [0.1, 0.15) is 12.5 Å². The van der Waals surface area contributed by atoms with Crippen LogP contribution in [0.4, 0.5) is 0 Å². The molecule has 0 unspecified atom stereocenters. The molecule has 1 aromatic rings. The summed E-state index contributed by atoms with van der Waals surface area (Å²) >= 11 is 11.6. The van der Waals surface area contributed by atoms with Gasteiger partial charge in [0, 0.05) is 5.56 Å². The van der Waals surface area contributed by atoms with E-state index in [0.29, 0.717) is 21.3 Å². The van der Waals surface area contributed by atoms with Gasteiger partial charge in [-0.2, -0.15) is 0 Å². The number of hydrogen-bond donors (Lipinski definition) is 1. The van der Waals surface area contributed by atoms with E-state index in [1.807, 2.05) is 0 Å². The van der Waals surface area contributed by atoms with E-state index in [0.717, 1.165) is 0 Å². The van der Waals surface area contributed by atoms with Crippen molar-refractivity contribution in [1.82, 2.24) is 0 Å². The summed E-state index contributed by atoms with van der Waals surface area (Å²) in [5, 5.41) is 12.4. The standard InChI is InChI=1S/C8H7Cl2NO/c1-5(11-12)6-3-2-4-7(9)8(6)10/h2-4,12H,1H3. The van der Waals surface area contributed by atoms with Crippen LogP contribution >= 0.6 is 23.2 Å². The van der Waals surface area contributed by atoms with Gasteiger partial charge in [0.25, 0.3) is 0 Å². The van der Waals surface area contributed by atoms with Crippen molar-refractivity contribution in [1.29, 1.82) is 0 Å². The Balaban J connectivity index is 3.26. The maximum absolute atomic E-state index is 8.49. The molecule has 1 N–H and O–H groups in total. The molecule has 0 radical (unpaired) electrons. The molecule has 0 aromatic heterocycles. The Morgan fingerprint density at radius 2 is 2.08 bits per heavy atom. The molecular weight excluding hydrogens is 197 g/mol. The third-order valence-corrected chi connectivity index (χ3v) is 2.31. The number of halogens is 2. The Morgan fingerprint density at radius 3 is 2.67 bits per heavy atom. The number of benzene rings is 1. The third kappa shape index (κ3) is 1.71. The van der Waals surface area contributed by atoms with Gasteiger partial charge in [-0.15, -0.1) is 0 Å². The number of rotatable bonds is 1. The minimum absolute atomic E-state index is 0.412. The van der Waals surface area contributed by atoms with Crippen molar-refractivity contribution in [3.63, 3.8) is 0 Å². The summed E-state index contributed by atoms with van der Waals surface area (Å²) in [6.07, 6.45) is 0. The zero-order chi connectivity index (χ0) is 9.14. The van der Waals surface area contributed by atoms with Gasteiger partial charge >= 0.3 is 0 Å². The predicted octanol–water partition coefficient (Wildman–Crippen LogP) is 3.19. The quantitative estimate of drug-likeness (QED) is 0.425. The lowest BCUT2D eigenvalue weighted by molar-refractivity contribution is 0.319. The molecule has 0 bridgehead atoms. The van der Waals surface area contributed by atoms with Gasteiger partial charge in [0.1, 0.15) is 0 Å². The summed E-state index contributed by atoms with van der Waals surface area (Å²) in [6, 6.07) is 5.17. The maximum Gasteiger partial charge on any atom is 0.0852 e. The molecular formula is C8H7Cl2NO. The van der Waals surface area contributed by atoms with E-state index in [2.05, 4.69) is 5.16 Å². The van der Waals surface area contributed by atoms with Crippen LogP contribution in [0.2, 0.25) is 10.0 Å². The van der Waals surface area contributed by atoms with Crippen molar-refractivity contribution >= 4 is 28.9 Å². The van der Waals surface area contributed by atoms with Crippen molar-refractivity contribution in [2.45, 2.75) is 6.92 Å². The van der Waals surface area contributed by atoms with Crippen molar-refractivity contribution < 1.29 is 5.21 Å². The summed E-state index contributed by atoms with van der Waals surface area (Å²) < 4.78 is 0. The Kier molecular flexibility index (Phi) is 2.95. The van der Waals surface area contributed by atoms with Crippen LogP contribution in [-0.2, 0) is 0 Å². The molecule has 0 aliphatic rings. The normalized spacial score (nSPS) is 11.8. The molecule has 4 heteroatoms. The summed E-state index contributed by atoms with van der Waals surface area (Å²) in [4.78, 5) is 0. The smallest absolute Gasteiger partial charge is 0.0852 e. The first-order chi connectivity index (χ1) is 5.66. The van der Waals surface area contributed by atoms with Gasteiger partial charge in [-0.25, -0.2) is 0 Å². The molecule has 0 spiro atoms. The molecule has 0 amide bonds. The van der Waals surface area contributed by atoms with Gasteiger partial charge in [0.2, 0.25) is 0 Å². The minimum atomic E-state index is 0.412. The Morgan fingerprint density at radius 1 is 1.42 bits per heavy atom. The van der Waals surface area contributed by atoms with Crippen LogP contribution in [0.3, 0.4) is 0 Å². The van der Waals surface area contributed by atoms with Gasteiger partial charge in [0.05, 0.1) is 15.8 Å². The highest BCUT2D eigenvalue weighted by atomic mass is 35.5. The van der Waals surface area contributed by atoms with Gasteiger partial charge in [-0.1, -0.05) is 40.5 Å². The fraction of sp³-hybridized carbons (Fsp3) is 0.125. The minimum Gasteiger partial charge on any atom is -0.411 e. The number of oxime groups is 1. The Bertz CT molecular complexity index is 323. The van der Waals surface area contributed by atoms with Gasteiger partial charge in [0.15, 0.2) is 0 Å². The third-order valence-electron chi connectivity index (χ3n) is 1.49. The van der Waals surface area contributed by atoms with Crippen LogP contribution in [0.15, 0.2) is 23.4 Å². The van der Waals surface area contributed by atoms with E-state index in [1.165, 1.54) is 0 Å². The monoisotopic (exact) mass is 203 g/mol. The molecule has 0 saturated heterocycles. The first kappa shape index (κ1) is 9.36. The van der Waals surface area contributed by atoms with Crippen LogP contribution in [-0.4, -0.2) is 10.9 Å². The van der Waals surface area contributed by atoms with Crippen LogP contribution < -0.4 is 0 Å².